The molecular weight excluding hydrogens is 380 g/mol. The van der Waals surface area contributed by atoms with Gasteiger partial charge in [0.1, 0.15) is 0 Å². The summed E-state index contributed by atoms with van der Waals surface area (Å²) in [7, 11) is 0. The number of hydrogen-bond donors (Lipinski definition) is 2. The minimum atomic E-state index is -0.542. The van der Waals surface area contributed by atoms with Gasteiger partial charge in [0.2, 0.25) is 0 Å². The number of hydrogen-bond acceptors (Lipinski definition) is 2. The zero-order valence-electron chi connectivity index (χ0n) is 21.5. The second-order valence-corrected chi connectivity index (χ2v) is 13.6. The molecule has 31 heavy (non-hydrogen) atoms. The van der Waals surface area contributed by atoms with Crippen LogP contribution in [0.4, 0.5) is 0 Å². The van der Waals surface area contributed by atoms with E-state index in [1.165, 1.54) is 32.1 Å². The average molecular weight is 431 g/mol. The Morgan fingerprint density at radius 3 is 2.45 bits per heavy atom. The molecule has 3 saturated carbocycles. The van der Waals surface area contributed by atoms with E-state index in [4.69, 9.17) is 0 Å². The Morgan fingerprint density at radius 2 is 1.81 bits per heavy atom. The molecule has 0 amide bonds. The number of allylic oxidation sites excluding steroid dienone is 1. The van der Waals surface area contributed by atoms with Gasteiger partial charge in [0.25, 0.3) is 0 Å². The predicted molar refractivity (Wildman–Crippen MR) is 130 cm³/mol. The van der Waals surface area contributed by atoms with Crippen molar-refractivity contribution in [2.45, 2.75) is 124 Å². The summed E-state index contributed by atoms with van der Waals surface area (Å²) in [5.41, 5.74) is 1.36. The first-order chi connectivity index (χ1) is 14.3. The summed E-state index contributed by atoms with van der Waals surface area (Å²) in [6.45, 7) is 16.2. The van der Waals surface area contributed by atoms with Crippen LogP contribution in [0.25, 0.3) is 0 Å². The Bertz CT molecular complexity index is 704. The van der Waals surface area contributed by atoms with E-state index in [-0.39, 0.29) is 0 Å². The van der Waals surface area contributed by atoms with Crippen LogP contribution in [0.1, 0.15) is 113 Å². The second kappa shape index (κ2) is 7.86. The van der Waals surface area contributed by atoms with Crippen molar-refractivity contribution in [3.05, 3.63) is 11.6 Å². The van der Waals surface area contributed by atoms with E-state index in [0.29, 0.717) is 22.7 Å². The van der Waals surface area contributed by atoms with Crippen LogP contribution in [0.2, 0.25) is 0 Å². The normalized spacial score (nSPS) is 48.4. The molecule has 0 unspecified atom stereocenters. The average Bonchev–Trinajstić information content (AvgIpc) is 3.04. The van der Waals surface area contributed by atoms with Crippen molar-refractivity contribution in [3.8, 4) is 0 Å². The van der Waals surface area contributed by atoms with Gasteiger partial charge in [-0.05, 0) is 124 Å². The molecule has 0 saturated heterocycles. The molecule has 0 aromatic rings. The van der Waals surface area contributed by atoms with Crippen LogP contribution < -0.4 is 0 Å². The highest BCUT2D eigenvalue weighted by Gasteiger charge is 2.61. The first-order valence-electron chi connectivity index (χ1n) is 13.5. The molecule has 2 N–H and O–H groups in total. The van der Waals surface area contributed by atoms with Crippen LogP contribution in [-0.4, -0.2) is 21.4 Å². The maximum atomic E-state index is 11.1. The summed E-state index contributed by atoms with van der Waals surface area (Å²) in [4.78, 5) is 0. The molecule has 0 bridgehead atoms. The molecule has 0 spiro atoms. The van der Waals surface area contributed by atoms with E-state index < -0.39 is 11.2 Å². The maximum absolute atomic E-state index is 11.1. The molecule has 2 heteroatoms. The summed E-state index contributed by atoms with van der Waals surface area (Å²) in [5.74, 6) is 4.61. The molecule has 2 nitrogen and oxygen atoms in total. The van der Waals surface area contributed by atoms with Crippen molar-refractivity contribution in [2.75, 3.05) is 0 Å². The lowest BCUT2D eigenvalue weighted by Gasteiger charge is -2.61. The summed E-state index contributed by atoms with van der Waals surface area (Å²) in [5, 5.41) is 21.3. The minimum absolute atomic E-state index is 0.310. The smallest absolute Gasteiger partial charge is 0.0682 e. The van der Waals surface area contributed by atoms with Crippen LogP contribution >= 0.6 is 0 Å². The van der Waals surface area contributed by atoms with Gasteiger partial charge in [-0.1, -0.05) is 46.3 Å². The first kappa shape index (κ1) is 23.8. The van der Waals surface area contributed by atoms with Crippen LogP contribution in [0, 0.1) is 46.3 Å². The topological polar surface area (TPSA) is 40.5 Å². The molecule has 4 aliphatic rings. The summed E-state index contributed by atoms with van der Waals surface area (Å²) >= 11 is 0. The molecule has 0 aromatic carbocycles. The molecular formula is C29H50O2. The summed E-state index contributed by atoms with van der Waals surface area (Å²) in [6, 6.07) is 0. The fraction of sp³-hybridized carbons (Fsp3) is 0.931. The fourth-order valence-electron chi connectivity index (χ4n) is 9.13. The van der Waals surface area contributed by atoms with E-state index >= 15 is 0 Å². The number of fused-ring (bicyclic) bond motifs is 5. The Morgan fingerprint density at radius 1 is 1.10 bits per heavy atom. The van der Waals surface area contributed by atoms with Gasteiger partial charge in [0.15, 0.2) is 0 Å². The van der Waals surface area contributed by atoms with E-state index in [9.17, 15) is 10.2 Å². The van der Waals surface area contributed by atoms with E-state index in [1.54, 1.807) is 5.57 Å². The van der Waals surface area contributed by atoms with Crippen LogP contribution in [0.3, 0.4) is 0 Å². The van der Waals surface area contributed by atoms with E-state index in [0.717, 1.165) is 55.8 Å². The van der Waals surface area contributed by atoms with Crippen molar-refractivity contribution in [1.82, 2.24) is 0 Å². The Hall–Kier alpha value is -0.340. The van der Waals surface area contributed by atoms with E-state index in [1.807, 2.05) is 13.8 Å². The lowest BCUT2D eigenvalue weighted by molar-refractivity contribution is -0.0885. The standard InChI is InChI=1S/C29H50O2/c1-8-29(31)16-15-27(6)21(18-29)17-20(3)25-23-10-9-22(19(2)11-13-26(4,5)30)28(23,7)14-12-24(25)27/h17,19-20,22-25,30-31H,8-16,18H2,1-7H3/t19-,20-,22-,23+,24+,25+,27+,28-,29+/m1/s1. The Labute approximate surface area is 192 Å². The van der Waals surface area contributed by atoms with Crippen molar-refractivity contribution in [1.29, 1.82) is 0 Å². The zero-order chi connectivity index (χ0) is 22.8. The highest BCUT2D eigenvalue weighted by atomic mass is 16.3. The van der Waals surface area contributed by atoms with Gasteiger partial charge < -0.3 is 10.2 Å². The molecule has 0 aliphatic heterocycles. The van der Waals surface area contributed by atoms with Crippen molar-refractivity contribution >= 4 is 0 Å². The SMILES string of the molecule is CC[C@]1(O)CC[C@@]2(C)C(=C[C@@H](C)[C@H]3[C@@H]4CC[C@H]([C@H](C)CCC(C)(C)O)[C@@]4(C)CC[C@@H]32)C1. The highest BCUT2D eigenvalue weighted by Crippen LogP contribution is 2.68. The summed E-state index contributed by atoms with van der Waals surface area (Å²) in [6.07, 6.45) is 14.2. The van der Waals surface area contributed by atoms with Gasteiger partial charge >= 0.3 is 0 Å². The van der Waals surface area contributed by atoms with Crippen LogP contribution in [-0.2, 0) is 0 Å². The highest BCUT2D eigenvalue weighted by molar-refractivity contribution is 5.28. The molecule has 4 rings (SSSR count). The van der Waals surface area contributed by atoms with Crippen molar-refractivity contribution < 1.29 is 10.2 Å². The van der Waals surface area contributed by atoms with Gasteiger partial charge in [0.05, 0.1) is 11.2 Å². The van der Waals surface area contributed by atoms with Gasteiger partial charge in [-0.2, -0.15) is 0 Å². The number of rotatable bonds is 5. The quantitative estimate of drug-likeness (QED) is 0.455. The molecule has 0 aromatic heterocycles. The molecule has 178 valence electrons. The lowest BCUT2D eigenvalue weighted by atomic mass is 9.44. The molecule has 4 aliphatic carbocycles. The Kier molecular flexibility index (Phi) is 6.04. The van der Waals surface area contributed by atoms with Crippen LogP contribution in [0.5, 0.6) is 0 Å². The predicted octanol–water partition coefficient (Wildman–Crippen LogP) is 7.14. The molecule has 0 heterocycles. The third kappa shape index (κ3) is 3.96. The van der Waals surface area contributed by atoms with Crippen molar-refractivity contribution in [2.24, 2.45) is 46.3 Å². The monoisotopic (exact) mass is 430 g/mol. The fourth-order valence-corrected chi connectivity index (χ4v) is 9.13. The third-order valence-electron chi connectivity index (χ3n) is 11.2. The van der Waals surface area contributed by atoms with Gasteiger partial charge in [-0.25, -0.2) is 0 Å². The Balaban J connectivity index is 1.57. The van der Waals surface area contributed by atoms with E-state index in [2.05, 4.69) is 40.7 Å². The second-order valence-electron chi connectivity index (χ2n) is 13.6. The molecule has 9 atom stereocenters. The van der Waals surface area contributed by atoms with Crippen molar-refractivity contribution in [3.63, 3.8) is 0 Å². The molecule has 0 radical (unpaired) electrons. The van der Waals surface area contributed by atoms with Crippen LogP contribution in [0.15, 0.2) is 11.6 Å². The third-order valence-corrected chi connectivity index (χ3v) is 11.2. The first-order valence-corrected chi connectivity index (χ1v) is 13.5. The number of aliphatic hydroxyl groups is 2. The summed E-state index contributed by atoms with van der Waals surface area (Å²) < 4.78 is 0. The minimum Gasteiger partial charge on any atom is -0.390 e. The van der Waals surface area contributed by atoms with Gasteiger partial charge in [0, 0.05) is 0 Å². The lowest BCUT2D eigenvalue weighted by Crippen LogP contribution is -2.54. The largest absolute Gasteiger partial charge is 0.390 e. The molecule has 3 fully saturated rings. The maximum Gasteiger partial charge on any atom is 0.0682 e. The van der Waals surface area contributed by atoms with Gasteiger partial charge in [-0.15, -0.1) is 0 Å². The van der Waals surface area contributed by atoms with Gasteiger partial charge in [-0.3, -0.25) is 0 Å². The zero-order valence-corrected chi connectivity index (χ0v) is 21.5.